The van der Waals surface area contributed by atoms with E-state index in [1.54, 1.807) is 27.7 Å². The summed E-state index contributed by atoms with van der Waals surface area (Å²) in [7, 11) is 0. The Kier molecular flexibility index (Phi) is 7.78. The van der Waals surface area contributed by atoms with E-state index in [0.29, 0.717) is 22.8 Å². The summed E-state index contributed by atoms with van der Waals surface area (Å²) in [6.07, 6.45) is 0. The lowest BCUT2D eigenvalue weighted by molar-refractivity contribution is -0.682. The quantitative estimate of drug-likeness (QED) is 0.164. The molecule has 0 amide bonds. The van der Waals surface area contributed by atoms with Crippen molar-refractivity contribution in [1.29, 1.82) is 0 Å². The average Bonchev–Trinajstić information content (AvgIpc) is 2.47. The van der Waals surface area contributed by atoms with E-state index in [4.69, 9.17) is 0 Å². The molecule has 0 aromatic carbocycles. The van der Waals surface area contributed by atoms with Crippen LogP contribution in [0.3, 0.4) is 0 Å². The van der Waals surface area contributed by atoms with Crippen LogP contribution in [0.25, 0.3) is 0 Å². The van der Waals surface area contributed by atoms with Crippen LogP contribution in [0.15, 0.2) is 0 Å². The van der Waals surface area contributed by atoms with Gasteiger partial charge in [-0.3, -0.25) is 0 Å². The fourth-order valence-corrected chi connectivity index (χ4v) is 2.12. The van der Waals surface area contributed by atoms with Crippen LogP contribution in [-0.2, 0) is 0 Å². The topological polar surface area (TPSA) is 53.9 Å². The number of halogens is 10. The van der Waals surface area contributed by atoms with Crippen molar-refractivity contribution in [3.63, 3.8) is 0 Å². The summed E-state index contributed by atoms with van der Waals surface area (Å²) in [5.41, 5.74) is 1.86. The zero-order valence-electron chi connectivity index (χ0n) is 13.5. The molecule has 0 atom stereocenters. The fourth-order valence-electron chi connectivity index (χ4n) is 1.45. The molecule has 1 rings (SSSR count). The highest BCUT2D eigenvalue weighted by Crippen LogP contribution is 2.56. The van der Waals surface area contributed by atoms with Gasteiger partial charge in [-0.2, -0.15) is 44.6 Å². The Morgan fingerprint density at radius 2 is 0.731 bits per heavy atom. The molecule has 0 radical (unpaired) electrons. The van der Waals surface area contributed by atoms with Crippen molar-refractivity contribution >= 4 is 45.2 Å². The molecule has 0 aliphatic heterocycles. The predicted molar refractivity (Wildman–Crippen MR) is 91.1 cm³/mol. The maximum atomic E-state index is 12.2. The molecule has 4 nitrogen and oxygen atoms in total. The van der Waals surface area contributed by atoms with Gasteiger partial charge in [0.2, 0.25) is 0 Å². The summed E-state index contributed by atoms with van der Waals surface area (Å²) in [5, 5.41) is 22.7. The van der Waals surface area contributed by atoms with Crippen LogP contribution >= 0.6 is 45.2 Å². The summed E-state index contributed by atoms with van der Waals surface area (Å²) in [5.74, 6) is -12.2. The Bertz CT molecular complexity index is 546. The molecular weight excluding hydrogens is 610 g/mol. The summed E-state index contributed by atoms with van der Waals surface area (Å²) in [6, 6.07) is 0. The molecule has 1 heterocycles. The van der Waals surface area contributed by atoms with E-state index >= 15 is 0 Å². The lowest BCUT2D eigenvalue weighted by atomic mass is 10.2. The molecule has 0 fully saturated rings. The van der Waals surface area contributed by atoms with Crippen LogP contribution in [-0.4, -0.2) is 19.7 Å². The Labute approximate surface area is 170 Å². The van der Waals surface area contributed by atoms with Crippen LogP contribution < -0.4 is 9.46 Å². The van der Waals surface area contributed by atoms with Gasteiger partial charge in [0.15, 0.2) is 0 Å². The third-order valence-electron chi connectivity index (χ3n) is 3.37. The minimum absolute atomic E-state index is 0.315. The Morgan fingerprint density at radius 1 is 0.577 bits per heavy atom. The van der Waals surface area contributed by atoms with Gasteiger partial charge in [0.1, 0.15) is 0 Å². The minimum atomic E-state index is -6.12. The molecule has 1 aromatic heterocycles. The molecule has 26 heavy (non-hydrogen) atoms. The van der Waals surface area contributed by atoms with E-state index in [1.807, 2.05) is 0 Å². The van der Waals surface area contributed by atoms with E-state index in [9.17, 15) is 45.5 Å². The van der Waals surface area contributed by atoms with Crippen molar-refractivity contribution < 1.29 is 44.6 Å². The number of nitrogens with zero attached hydrogens (tertiary/aromatic N) is 2. The molecule has 1 aromatic rings. The Balaban J connectivity index is 0.000000485. The zero-order valence-corrected chi connectivity index (χ0v) is 17.8. The van der Waals surface area contributed by atoms with Gasteiger partial charge in [0.25, 0.3) is 22.8 Å². The highest BCUT2D eigenvalue weighted by atomic mass is 127. The van der Waals surface area contributed by atoms with Crippen molar-refractivity contribution in [2.24, 2.45) is 0 Å². The van der Waals surface area contributed by atoms with E-state index < -0.39 is 19.7 Å². The molecule has 14 heteroatoms. The van der Waals surface area contributed by atoms with Crippen LogP contribution in [0, 0.1) is 38.1 Å². The molecule has 152 valence electrons. The highest BCUT2D eigenvalue weighted by molar-refractivity contribution is 14.1. The summed E-state index contributed by atoms with van der Waals surface area (Å²) < 4.78 is 87.7. The van der Waals surface area contributed by atoms with Crippen molar-refractivity contribution in [3.05, 3.63) is 33.2 Å². The van der Waals surface area contributed by atoms with Gasteiger partial charge in [-0.25, -0.2) is 0 Å². The SMILES string of the molecule is Cc1c(C)[n+]([O-])c(C)c(C)[n+]1[O-].FC(F)(I)C(F)(F)C(F)(F)C(F)(F)I. The van der Waals surface area contributed by atoms with E-state index in [-0.39, 0.29) is 45.2 Å². The van der Waals surface area contributed by atoms with Crippen LogP contribution in [0.4, 0.5) is 35.1 Å². The molecule has 0 N–H and O–H groups in total. The Morgan fingerprint density at radius 3 is 0.846 bits per heavy atom. The smallest absolute Gasteiger partial charge is 0.388 e. The molecule has 0 saturated heterocycles. The monoisotopic (exact) mass is 622 g/mol. The van der Waals surface area contributed by atoms with Crippen LogP contribution in [0.1, 0.15) is 22.8 Å². The average molecular weight is 622 g/mol. The van der Waals surface area contributed by atoms with E-state index in [2.05, 4.69) is 0 Å². The maximum absolute atomic E-state index is 12.2. The lowest BCUT2D eigenvalue weighted by Gasteiger charge is -2.31. The van der Waals surface area contributed by atoms with Crippen LogP contribution in [0.2, 0.25) is 0 Å². The lowest BCUT2D eigenvalue weighted by Crippen LogP contribution is -2.58. The normalized spacial score (nSPS) is 13.3. The van der Waals surface area contributed by atoms with Gasteiger partial charge in [0, 0.05) is 72.9 Å². The first-order valence-electron chi connectivity index (χ1n) is 6.40. The van der Waals surface area contributed by atoms with Crippen LogP contribution in [0.5, 0.6) is 0 Å². The predicted octanol–water partition coefficient (Wildman–Crippen LogP) is 4.50. The summed E-state index contributed by atoms with van der Waals surface area (Å²) in [6.45, 7) is 6.57. The second-order valence-corrected chi connectivity index (χ2v) is 7.78. The molecule has 0 saturated carbocycles. The number of aromatic nitrogens is 2. The summed E-state index contributed by atoms with van der Waals surface area (Å²) >= 11 is -0.631. The molecule has 0 aliphatic rings. The van der Waals surface area contributed by atoms with Crippen molar-refractivity contribution in [1.82, 2.24) is 0 Å². The maximum Gasteiger partial charge on any atom is 0.388 e. The first kappa shape index (κ1) is 25.6. The number of alkyl halides is 10. The zero-order chi connectivity index (χ0) is 21.5. The number of rotatable bonds is 3. The molecule has 0 aliphatic carbocycles. The molecule has 0 spiro atoms. The standard InChI is InChI=1S/C8H12N2O2.C4F8I2/c1-5-6(2)10(12)8(4)7(3)9(5)11;5-1(6,3(9,10)13)2(7,8)4(11,12)14/h1-4H3;. The third kappa shape index (κ3) is 4.70. The van der Waals surface area contributed by atoms with Crippen molar-refractivity contribution in [2.75, 3.05) is 0 Å². The third-order valence-corrected chi connectivity index (χ3v) is 4.73. The first-order valence-corrected chi connectivity index (χ1v) is 8.56. The fraction of sp³-hybridized carbons (Fsp3) is 0.667. The van der Waals surface area contributed by atoms with Crippen molar-refractivity contribution in [2.45, 2.75) is 47.4 Å². The highest BCUT2D eigenvalue weighted by Gasteiger charge is 2.79. The van der Waals surface area contributed by atoms with Gasteiger partial charge < -0.3 is 10.4 Å². The van der Waals surface area contributed by atoms with Gasteiger partial charge in [0.05, 0.1) is 0 Å². The summed E-state index contributed by atoms with van der Waals surface area (Å²) in [4.78, 5) is 0. The van der Waals surface area contributed by atoms with E-state index in [1.165, 1.54) is 0 Å². The van der Waals surface area contributed by atoms with E-state index in [0.717, 1.165) is 9.46 Å². The Hall–Kier alpha value is -0.420. The minimum Gasteiger partial charge on any atom is -0.618 e. The first-order chi connectivity index (χ1) is 11.2. The molecule has 0 unspecified atom stereocenters. The van der Waals surface area contributed by atoms with Crippen molar-refractivity contribution in [3.8, 4) is 0 Å². The molecular formula is C12H12F8I2N2O2. The second kappa shape index (κ2) is 7.90. The van der Waals surface area contributed by atoms with Gasteiger partial charge in [-0.15, -0.1) is 0 Å². The number of hydrogen-bond acceptors (Lipinski definition) is 2. The van der Waals surface area contributed by atoms with Gasteiger partial charge >= 0.3 is 19.7 Å². The largest absolute Gasteiger partial charge is 0.618 e. The molecule has 0 bridgehead atoms. The number of hydrogen-bond donors (Lipinski definition) is 0. The van der Waals surface area contributed by atoms with Gasteiger partial charge in [-0.05, 0) is 0 Å². The van der Waals surface area contributed by atoms with Gasteiger partial charge in [-0.1, -0.05) is 0 Å². The second-order valence-electron chi connectivity index (χ2n) is 5.07.